The molecule has 4 heteroatoms. The SMILES string of the molecule is CC(C)(C)NCc1cccc(Cl)c1N1CCC(CO)CC1. The van der Waals surface area contributed by atoms with Crippen LogP contribution in [-0.4, -0.2) is 30.3 Å². The molecular weight excluding hydrogens is 284 g/mol. The van der Waals surface area contributed by atoms with Gasteiger partial charge in [0.25, 0.3) is 0 Å². The molecule has 118 valence electrons. The molecule has 0 amide bonds. The van der Waals surface area contributed by atoms with E-state index < -0.39 is 0 Å². The third kappa shape index (κ3) is 4.60. The van der Waals surface area contributed by atoms with Crippen LogP contribution in [0.15, 0.2) is 18.2 Å². The van der Waals surface area contributed by atoms with E-state index in [2.05, 4.69) is 37.1 Å². The second-order valence-corrected chi connectivity index (χ2v) is 7.37. The van der Waals surface area contributed by atoms with Crippen LogP contribution < -0.4 is 10.2 Å². The zero-order valence-corrected chi connectivity index (χ0v) is 14.1. The number of hydrogen-bond donors (Lipinski definition) is 2. The molecule has 1 aromatic rings. The lowest BCUT2D eigenvalue weighted by Crippen LogP contribution is -2.38. The Morgan fingerprint density at radius 1 is 1.29 bits per heavy atom. The van der Waals surface area contributed by atoms with Crippen LogP contribution in [0.3, 0.4) is 0 Å². The number of halogens is 1. The Morgan fingerprint density at radius 3 is 2.52 bits per heavy atom. The van der Waals surface area contributed by atoms with Gasteiger partial charge in [-0.1, -0.05) is 23.7 Å². The second kappa shape index (κ2) is 6.99. The molecule has 21 heavy (non-hydrogen) atoms. The van der Waals surface area contributed by atoms with Crippen molar-refractivity contribution < 1.29 is 5.11 Å². The molecule has 1 aliphatic heterocycles. The molecule has 0 unspecified atom stereocenters. The summed E-state index contributed by atoms with van der Waals surface area (Å²) in [5.41, 5.74) is 2.50. The van der Waals surface area contributed by atoms with Gasteiger partial charge >= 0.3 is 0 Å². The summed E-state index contributed by atoms with van der Waals surface area (Å²) in [5, 5.41) is 13.6. The minimum atomic E-state index is 0.0868. The molecule has 1 heterocycles. The van der Waals surface area contributed by atoms with Gasteiger partial charge in [-0.3, -0.25) is 0 Å². The highest BCUT2D eigenvalue weighted by Gasteiger charge is 2.22. The van der Waals surface area contributed by atoms with Gasteiger partial charge < -0.3 is 15.3 Å². The monoisotopic (exact) mass is 310 g/mol. The third-order valence-electron chi connectivity index (χ3n) is 4.07. The number of nitrogens with zero attached hydrogens (tertiary/aromatic N) is 1. The van der Waals surface area contributed by atoms with Crippen molar-refractivity contribution in [3.63, 3.8) is 0 Å². The Hall–Kier alpha value is -0.770. The lowest BCUT2D eigenvalue weighted by Gasteiger charge is -2.35. The van der Waals surface area contributed by atoms with Crippen LogP contribution in [0.1, 0.15) is 39.2 Å². The van der Waals surface area contributed by atoms with Gasteiger partial charge in [0.1, 0.15) is 0 Å². The Bertz CT molecular complexity index is 462. The summed E-state index contributed by atoms with van der Waals surface area (Å²) >= 11 is 6.46. The maximum atomic E-state index is 9.28. The van der Waals surface area contributed by atoms with Gasteiger partial charge in [0.15, 0.2) is 0 Å². The first kappa shape index (κ1) is 16.6. The fourth-order valence-electron chi connectivity index (χ4n) is 2.76. The zero-order chi connectivity index (χ0) is 15.5. The Morgan fingerprint density at radius 2 is 1.95 bits per heavy atom. The molecule has 2 rings (SSSR count). The Kier molecular flexibility index (Phi) is 5.53. The molecule has 0 aliphatic carbocycles. The molecule has 2 N–H and O–H groups in total. The summed E-state index contributed by atoms with van der Waals surface area (Å²) in [6.07, 6.45) is 2.07. The average molecular weight is 311 g/mol. The van der Waals surface area contributed by atoms with Gasteiger partial charge in [0.2, 0.25) is 0 Å². The fourth-order valence-corrected chi connectivity index (χ4v) is 3.07. The first-order valence-electron chi connectivity index (χ1n) is 7.79. The molecule has 3 nitrogen and oxygen atoms in total. The maximum Gasteiger partial charge on any atom is 0.0642 e. The average Bonchev–Trinajstić information content (AvgIpc) is 2.44. The molecule has 1 aromatic carbocycles. The number of anilines is 1. The molecule has 1 aliphatic rings. The second-order valence-electron chi connectivity index (χ2n) is 6.96. The maximum absolute atomic E-state index is 9.28. The molecular formula is C17H27ClN2O. The number of piperidine rings is 1. The van der Waals surface area contributed by atoms with Crippen LogP contribution in [0, 0.1) is 5.92 Å². The number of para-hydroxylation sites is 1. The van der Waals surface area contributed by atoms with Crippen molar-refractivity contribution in [2.24, 2.45) is 5.92 Å². The Labute approximate surface area is 133 Å². The summed E-state index contributed by atoms with van der Waals surface area (Å²) in [6, 6.07) is 6.14. The summed E-state index contributed by atoms with van der Waals surface area (Å²) in [6.45, 7) is 9.57. The molecule has 0 radical (unpaired) electrons. The number of benzene rings is 1. The van der Waals surface area contributed by atoms with E-state index in [0.717, 1.165) is 43.2 Å². The lowest BCUT2D eigenvalue weighted by atomic mass is 9.96. The van der Waals surface area contributed by atoms with Crippen LogP contribution in [0.2, 0.25) is 5.02 Å². The summed E-state index contributed by atoms with van der Waals surface area (Å²) < 4.78 is 0. The van der Waals surface area contributed by atoms with E-state index in [9.17, 15) is 5.11 Å². The third-order valence-corrected chi connectivity index (χ3v) is 4.37. The minimum absolute atomic E-state index is 0.0868. The highest BCUT2D eigenvalue weighted by Crippen LogP contribution is 2.33. The number of aliphatic hydroxyl groups excluding tert-OH is 1. The van der Waals surface area contributed by atoms with E-state index in [4.69, 9.17) is 11.6 Å². The highest BCUT2D eigenvalue weighted by molar-refractivity contribution is 6.33. The Balaban J connectivity index is 2.14. The van der Waals surface area contributed by atoms with Crippen LogP contribution in [0.25, 0.3) is 0 Å². The van der Waals surface area contributed by atoms with E-state index >= 15 is 0 Å². The van der Waals surface area contributed by atoms with Crippen LogP contribution >= 0.6 is 11.6 Å². The van der Waals surface area contributed by atoms with E-state index in [0.29, 0.717) is 12.5 Å². The number of rotatable bonds is 4. The predicted molar refractivity (Wildman–Crippen MR) is 90.1 cm³/mol. The normalized spacial score (nSPS) is 17.3. The number of aliphatic hydroxyl groups is 1. The molecule has 1 saturated heterocycles. The first-order chi connectivity index (χ1) is 9.90. The van der Waals surface area contributed by atoms with Crippen molar-refractivity contribution in [2.75, 3.05) is 24.6 Å². The van der Waals surface area contributed by atoms with Crippen molar-refractivity contribution >= 4 is 17.3 Å². The quantitative estimate of drug-likeness (QED) is 0.894. The molecule has 0 bridgehead atoms. The topological polar surface area (TPSA) is 35.5 Å². The summed E-state index contributed by atoms with van der Waals surface area (Å²) in [5.74, 6) is 0.444. The minimum Gasteiger partial charge on any atom is -0.396 e. The van der Waals surface area contributed by atoms with E-state index in [1.807, 2.05) is 12.1 Å². The predicted octanol–water partition coefficient (Wildman–Crippen LogP) is 3.44. The molecule has 0 atom stereocenters. The van der Waals surface area contributed by atoms with Gasteiger partial charge in [-0.05, 0) is 51.2 Å². The van der Waals surface area contributed by atoms with Crippen molar-refractivity contribution in [3.05, 3.63) is 28.8 Å². The number of hydrogen-bond acceptors (Lipinski definition) is 3. The van der Waals surface area contributed by atoms with E-state index in [-0.39, 0.29) is 5.54 Å². The molecule has 0 spiro atoms. The van der Waals surface area contributed by atoms with E-state index in [1.54, 1.807) is 0 Å². The highest BCUT2D eigenvalue weighted by atomic mass is 35.5. The van der Waals surface area contributed by atoms with Crippen molar-refractivity contribution in [2.45, 2.75) is 45.7 Å². The van der Waals surface area contributed by atoms with Crippen molar-refractivity contribution in [3.8, 4) is 0 Å². The van der Waals surface area contributed by atoms with Gasteiger partial charge in [-0.25, -0.2) is 0 Å². The van der Waals surface area contributed by atoms with Gasteiger partial charge in [-0.2, -0.15) is 0 Å². The van der Waals surface area contributed by atoms with Gasteiger partial charge in [-0.15, -0.1) is 0 Å². The van der Waals surface area contributed by atoms with E-state index in [1.165, 1.54) is 5.56 Å². The van der Waals surface area contributed by atoms with Crippen LogP contribution in [0.4, 0.5) is 5.69 Å². The first-order valence-corrected chi connectivity index (χ1v) is 8.17. The standard InChI is InChI=1S/C17H27ClN2O/c1-17(2,3)19-11-14-5-4-6-15(18)16(14)20-9-7-13(12-21)8-10-20/h4-6,13,19,21H,7-12H2,1-3H3. The summed E-state index contributed by atoms with van der Waals surface area (Å²) in [4.78, 5) is 2.37. The van der Waals surface area contributed by atoms with Crippen molar-refractivity contribution in [1.82, 2.24) is 5.32 Å². The lowest BCUT2D eigenvalue weighted by molar-refractivity contribution is 0.203. The molecule has 1 fully saturated rings. The van der Waals surface area contributed by atoms with Crippen molar-refractivity contribution in [1.29, 1.82) is 0 Å². The van der Waals surface area contributed by atoms with Crippen LogP contribution in [-0.2, 0) is 6.54 Å². The molecule has 0 aromatic heterocycles. The fraction of sp³-hybridized carbons (Fsp3) is 0.647. The largest absolute Gasteiger partial charge is 0.396 e. The molecule has 0 saturated carbocycles. The van der Waals surface area contributed by atoms with Crippen LogP contribution in [0.5, 0.6) is 0 Å². The van der Waals surface area contributed by atoms with Gasteiger partial charge in [0.05, 0.1) is 10.7 Å². The van der Waals surface area contributed by atoms with Gasteiger partial charge in [0, 0.05) is 31.8 Å². The zero-order valence-electron chi connectivity index (χ0n) is 13.3. The smallest absolute Gasteiger partial charge is 0.0642 e. The summed E-state index contributed by atoms with van der Waals surface area (Å²) in [7, 11) is 0. The number of nitrogens with one attached hydrogen (secondary N) is 1.